The molecule has 2 rings (SSSR count). The number of rotatable bonds is 2. The number of benzene rings is 2. The predicted octanol–water partition coefficient (Wildman–Crippen LogP) is 4.67. The van der Waals surface area contributed by atoms with E-state index in [-0.39, 0.29) is 11.1 Å². The topological polar surface area (TPSA) is 9.23 Å². The van der Waals surface area contributed by atoms with Gasteiger partial charge in [0, 0.05) is 5.56 Å². The van der Waals surface area contributed by atoms with Crippen LogP contribution in [0.3, 0.4) is 0 Å². The molecule has 2 aromatic rings. The van der Waals surface area contributed by atoms with E-state index in [0.717, 1.165) is 6.07 Å². The zero-order valence-electron chi connectivity index (χ0n) is 9.64. The third-order valence-electron chi connectivity index (χ3n) is 2.41. The van der Waals surface area contributed by atoms with Crippen LogP contribution in [0.25, 0.3) is 11.1 Å². The number of hydrogen-bond donors (Lipinski definition) is 0. The van der Waals surface area contributed by atoms with Crippen molar-refractivity contribution in [3.63, 3.8) is 0 Å². The van der Waals surface area contributed by atoms with Gasteiger partial charge in [-0.2, -0.15) is 0 Å². The van der Waals surface area contributed by atoms with E-state index in [9.17, 15) is 26.3 Å². The van der Waals surface area contributed by atoms with E-state index in [1.54, 1.807) is 0 Å². The summed E-state index contributed by atoms with van der Waals surface area (Å²) in [6.45, 7) is 0. The highest BCUT2D eigenvalue weighted by atomic mass is 19.4. The Hall–Kier alpha value is -2.18. The predicted molar refractivity (Wildman–Crippen MR) is 58.4 cm³/mol. The average molecular weight is 292 g/mol. The van der Waals surface area contributed by atoms with Crippen LogP contribution < -0.4 is 4.74 Å². The Morgan fingerprint density at radius 2 is 1.40 bits per heavy atom. The Morgan fingerprint density at radius 3 is 1.95 bits per heavy atom. The quantitative estimate of drug-likeness (QED) is 0.577. The summed E-state index contributed by atoms with van der Waals surface area (Å²) in [4.78, 5) is 0. The summed E-state index contributed by atoms with van der Waals surface area (Å²) < 4.78 is 79.5. The second-order valence-electron chi connectivity index (χ2n) is 3.80. The first kappa shape index (κ1) is 14.2. The number of alkyl halides is 3. The molecule has 0 aliphatic rings. The molecule has 2 aromatic carbocycles. The maximum atomic E-state index is 13.1. The maximum absolute atomic E-state index is 13.1. The van der Waals surface area contributed by atoms with E-state index in [2.05, 4.69) is 4.74 Å². The number of halogens is 6. The normalized spacial score (nSPS) is 11.5. The molecular formula is C13H6F6O. The molecule has 20 heavy (non-hydrogen) atoms. The van der Waals surface area contributed by atoms with Crippen molar-refractivity contribution in [1.82, 2.24) is 0 Å². The molecule has 106 valence electrons. The van der Waals surface area contributed by atoms with Crippen molar-refractivity contribution >= 4 is 0 Å². The molecule has 0 N–H and O–H groups in total. The number of hydrogen-bond acceptors (Lipinski definition) is 1. The molecule has 0 unspecified atom stereocenters. The summed E-state index contributed by atoms with van der Waals surface area (Å²) in [5, 5.41) is 0. The van der Waals surface area contributed by atoms with E-state index >= 15 is 0 Å². The van der Waals surface area contributed by atoms with Gasteiger partial charge in [-0.05, 0) is 23.8 Å². The molecule has 0 aliphatic carbocycles. The zero-order chi connectivity index (χ0) is 14.9. The molecule has 0 aliphatic heterocycles. The minimum atomic E-state index is -4.95. The highest BCUT2D eigenvalue weighted by molar-refractivity contribution is 5.70. The summed E-state index contributed by atoms with van der Waals surface area (Å²) in [5.74, 6) is -5.32. The van der Waals surface area contributed by atoms with Crippen LogP contribution in [-0.4, -0.2) is 6.36 Å². The Bertz CT molecular complexity index is 612. The molecule has 0 saturated heterocycles. The first-order valence-electron chi connectivity index (χ1n) is 5.27. The molecule has 0 bridgehead atoms. The zero-order valence-corrected chi connectivity index (χ0v) is 9.64. The Kier molecular flexibility index (Phi) is 3.61. The second kappa shape index (κ2) is 5.07. The van der Waals surface area contributed by atoms with Gasteiger partial charge in [0.05, 0.1) is 0 Å². The van der Waals surface area contributed by atoms with E-state index in [1.165, 1.54) is 18.2 Å². The molecular weight excluding hydrogens is 286 g/mol. The van der Waals surface area contributed by atoms with Gasteiger partial charge in [-0.15, -0.1) is 13.2 Å². The van der Waals surface area contributed by atoms with Crippen LogP contribution in [0.1, 0.15) is 0 Å². The van der Waals surface area contributed by atoms with Gasteiger partial charge in [-0.1, -0.05) is 18.2 Å². The second-order valence-corrected chi connectivity index (χ2v) is 3.80. The van der Waals surface area contributed by atoms with Gasteiger partial charge in [0.15, 0.2) is 17.5 Å². The lowest BCUT2D eigenvalue weighted by Crippen LogP contribution is -2.17. The van der Waals surface area contributed by atoms with Crippen LogP contribution >= 0.6 is 0 Å². The Labute approximate surface area is 109 Å². The number of ether oxygens (including phenoxy) is 1. The van der Waals surface area contributed by atoms with Gasteiger partial charge >= 0.3 is 6.36 Å². The lowest BCUT2D eigenvalue weighted by molar-refractivity contribution is -0.274. The highest BCUT2D eigenvalue weighted by Gasteiger charge is 2.32. The smallest absolute Gasteiger partial charge is 0.405 e. The van der Waals surface area contributed by atoms with E-state index < -0.39 is 29.6 Å². The first-order valence-corrected chi connectivity index (χ1v) is 5.27. The summed E-state index contributed by atoms with van der Waals surface area (Å²) >= 11 is 0. The molecule has 0 aromatic heterocycles. The standard InChI is InChI=1S/C13H6F6O/c14-9-5-7(6-10(15)12(9)16)8-3-1-2-4-11(8)20-13(17,18)19/h1-6H. The summed E-state index contributed by atoms with van der Waals surface area (Å²) in [6.07, 6.45) is -4.95. The summed E-state index contributed by atoms with van der Waals surface area (Å²) in [7, 11) is 0. The maximum Gasteiger partial charge on any atom is 0.573 e. The van der Waals surface area contributed by atoms with E-state index in [4.69, 9.17) is 0 Å². The minimum Gasteiger partial charge on any atom is -0.405 e. The van der Waals surface area contributed by atoms with Crippen LogP contribution in [0.2, 0.25) is 0 Å². The van der Waals surface area contributed by atoms with Crippen molar-refractivity contribution in [2.24, 2.45) is 0 Å². The van der Waals surface area contributed by atoms with Gasteiger partial charge in [0.1, 0.15) is 5.75 Å². The molecule has 0 atom stereocenters. The minimum absolute atomic E-state index is 0.206. The molecule has 1 nitrogen and oxygen atoms in total. The van der Waals surface area contributed by atoms with Crippen molar-refractivity contribution in [3.8, 4) is 16.9 Å². The number of para-hydroxylation sites is 1. The molecule has 0 heterocycles. The molecule has 0 amide bonds. The highest BCUT2D eigenvalue weighted by Crippen LogP contribution is 2.34. The SMILES string of the molecule is Fc1cc(-c2ccccc2OC(F)(F)F)cc(F)c1F. The van der Waals surface area contributed by atoms with Crippen LogP contribution in [0.15, 0.2) is 36.4 Å². The van der Waals surface area contributed by atoms with E-state index in [1.807, 2.05) is 0 Å². The van der Waals surface area contributed by atoms with Crippen molar-refractivity contribution in [3.05, 3.63) is 53.8 Å². The average Bonchev–Trinajstić information content (AvgIpc) is 2.34. The van der Waals surface area contributed by atoms with Crippen LogP contribution in [0, 0.1) is 17.5 Å². The van der Waals surface area contributed by atoms with Gasteiger partial charge < -0.3 is 4.74 Å². The Morgan fingerprint density at radius 1 is 0.850 bits per heavy atom. The van der Waals surface area contributed by atoms with Crippen molar-refractivity contribution in [2.75, 3.05) is 0 Å². The van der Waals surface area contributed by atoms with Crippen LogP contribution in [0.4, 0.5) is 26.3 Å². The largest absolute Gasteiger partial charge is 0.573 e. The molecule has 0 saturated carbocycles. The summed E-state index contributed by atoms with van der Waals surface area (Å²) in [5.41, 5.74) is -0.469. The van der Waals surface area contributed by atoms with Crippen LogP contribution in [-0.2, 0) is 0 Å². The van der Waals surface area contributed by atoms with E-state index in [0.29, 0.717) is 12.1 Å². The first-order chi connectivity index (χ1) is 9.28. The third-order valence-corrected chi connectivity index (χ3v) is 2.41. The van der Waals surface area contributed by atoms with Crippen molar-refractivity contribution in [2.45, 2.75) is 6.36 Å². The fourth-order valence-electron chi connectivity index (χ4n) is 1.63. The monoisotopic (exact) mass is 292 g/mol. The van der Waals surface area contributed by atoms with Gasteiger partial charge in [0.2, 0.25) is 0 Å². The van der Waals surface area contributed by atoms with Crippen molar-refractivity contribution < 1.29 is 31.1 Å². The molecule has 7 heteroatoms. The van der Waals surface area contributed by atoms with Gasteiger partial charge in [-0.25, -0.2) is 13.2 Å². The fourth-order valence-corrected chi connectivity index (χ4v) is 1.63. The lowest BCUT2D eigenvalue weighted by Gasteiger charge is -2.13. The fraction of sp³-hybridized carbons (Fsp3) is 0.0769. The summed E-state index contributed by atoms with van der Waals surface area (Å²) in [6, 6.07) is 5.97. The molecule has 0 radical (unpaired) electrons. The molecule has 0 fully saturated rings. The van der Waals surface area contributed by atoms with Gasteiger partial charge in [-0.3, -0.25) is 0 Å². The third kappa shape index (κ3) is 3.04. The molecule has 0 spiro atoms. The van der Waals surface area contributed by atoms with Gasteiger partial charge in [0.25, 0.3) is 0 Å². The van der Waals surface area contributed by atoms with Crippen molar-refractivity contribution in [1.29, 1.82) is 0 Å². The lowest BCUT2D eigenvalue weighted by atomic mass is 10.0. The van der Waals surface area contributed by atoms with Crippen LogP contribution in [0.5, 0.6) is 5.75 Å². The Balaban J connectivity index is 2.53.